The van der Waals surface area contributed by atoms with E-state index in [0.29, 0.717) is 18.2 Å². The van der Waals surface area contributed by atoms with Gasteiger partial charge in [-0.1, -0.05) is 0 Å². The number of imidazole rings is 1. The van der Waals surface area contributed by atoms with Crippen LogP contribution in [-0.2, 0) is 0 Å². The first-order valence-electron chi connectivity index (χ1n) is 3.41. The van der Waals surface area contributed by atoms with Gasteiger partial charge in [-0.05, 0) is 0 Å². The van der Waals surface area contributed by atoms with E-state index in [-0.39, 0.29) is 18.2 Å². The number of nitrogens with zero attached hydrogens (tertiary/aromatic N) is 2. The van der Waals surface area contributed by atoms with Crippen molar-refractivity contribution in [3.05, 3.63) is 11.5 Å². The molecular formula is C6H8ClN5O. The molecular weight excluding hydrogens is 194 g/mol. The number of hydrogen-bond donors (Lipinski definition) is 3. The number of nitrogens with one attached hydrogen (secondary N) is 2. The minimum Gasteiger partial charge on any atom is -0.363 e. The number of carbonyl (C=O) groups excluding carboxylic acids is 1. The Bertz CT molecular complexity index is 358. The Morgan fingerprint density at radius 3 is 3.00 bits per heavy atom. The van der Waals surface area contributed by atoms with Gasteiger partial charge in [0.15, 0.2) is 11.6 Å². The van der Waals surface area contributed by atoms with Crippen molar-refractivity contribution in [2.24, 2.45) is 10.7 Å². The van der Waals surface area contributed by atoms with Crippen LogP contribution in [0.25, 0.3) is 0 Å². The number of aliphatic imine (C=N–C) groups is 1. The lowest BCUT2D eigenvalue weighted by Crippen LogP contribution is -2.12. The Morgan fingerprint density at radius 2 is 2.38 bits per heavy atom. The fourth-order valence-corrected chi connectivity index (χ4v) is 0.989. The molecule has 1 aliphatic rings. The Hall–Kier alpha value is -1.56. The van der Waals surface area contributed by atoms with E-state index < -0.39 is 5.91 Å². The molecule has 0 aromatic carbocycles. The van der Waals surface area contributed by atoms with Crippen LogP contribution in [-0.4, -0.2) is 28.8 Å². The Labute approximate surface area is 80.0 Å². The molecule has 0 fully saturated rings. The largest absolute Gasteiger partial charge is 0.363 e. The Morgan fingerprint density at radius 1 is 1.62 bits per heavy atom. The number of aromatic amines is 1. The highest BCUT2D eigenvalue weighted by Gasteiger charge is 2.13. The monoisotopic (exact) mass is 201 g/mol. The molecule has 1 aliphatic heterocycles. The van der Waals surface area contributed by atoms with E-state index in [1.165, 1.54) is 0 Å². The van der Waals surface area contributed by atoms with Crippen LogP contribution in [0, 0.1) is 0 Å². The zero-order valence-electron chi connectivity index (χ0n) is 6.57. The number of carbonyl (C=O) groups is 1. The Balaban J connectivity index is 0.000000845. The lowest BCUT2D eigenvalue weighted by Gasteiger charge is -2.03. The SMILES string of the molecule is Cl.NC(=O)c1nc2c([nH]1)C=NCN2. The zero-order valence-corrected chi connectivity index (χ0v) is 7.39. The highest BCUT2D eigenvalue weighted by molar-refractivity contribution is 5.93. The van der Waals surface area contributed by atoms with Crippen molar-refractivity contribution in [3.8, 4) is 0 Å². The lowest BCUT2D eigenvalue weighted by molar-refractivity contribution is 0.0991. The van der Waals surface area contributed by atoms with E-state index >= 15 is 0 Å². The number of hydrogen-bond acceptors (Lipinski definition) is 4. The number of halogens is 1. The number of rotatable bonds is 1. The molecule has 7 heteroatoms. The topological polar surface area (TPSA) is 96.2 Å². The summed E-state index contributed by atoms with van der Waals surface area (Å²) in [5.74, 6) is 0.208. The molecule has 1 amide bonds. The van der Waals surface area contributed by atoms with Gasteiger partial charge in [-0.3, -0.25) is 9.79 Å². The van der Waals surface area contributed by atoms with Crippen molar-refractivity contribution >= 4 is 30.3 Å². The van der Waals surface area contributed by atoms with Gasteiger partial charge in [-0.2, -0.15) is 0 Å². The van der Waals surface area contributed by atoms with Crippen LogP contribution in [0.4, 0.5) is 5.82 Å². The maximum atomic E-state index is 10.7. The van der Waals surface area contributed by atoms with E-state index in [4.69, 9.17) is 5.73 Å². The molecule has 0 bridgehead atoms. The molecule has 0 saturated carbocycles. The second-order valence-corrected chi connectivity index (χ2v) is 2.36. The number of primary amides is 1. The number of aromatic nitrogens is 2. The third-order valence-corrected chi connectivity index (χ3v) is 1.52. The van der Waals surface area contributed by atoms with Crippen LogP contribution in [0.5, 0.6) is 0 Å². The first-order valence-corrected chi connectivity index (χ1v) is 3.41. The summed E-state index contributed by atoms with van der Waals surface area (Å²) in [5.41, 5.74) is 5.71. The summed E-state index contributed by atoms with van der Waals surface area (Å²) >= 11 is 0. The quantitative estimate of drug-likeness (QED) is 0.584. The molecule has 0 atom stereocenters. The molecule has 70 valence electrons. The summed E-state index contributed by atoms with van der Waals surface area (Å²) in [7, 11) is 0. The first kappa shape index (κ1) is 9.53. The number of H-pyrrole nitrogens is 1. The molecule has 1 aromatic heterocycles. The van der Waals surface area contributed by atoms with Crippen LogP contribution in [0.1, 0.15) is 16.3 Å². The van der Waals surface area contributed by atoms with Crippen molar-refractivity contribution in [1.82, 2.24) is 9.97 Å². The van der Waals surface area contributed by atoms with E-state index in [9.17, 15) is 4.79 Å². The van der Waals surface area contributed by atoms with Gasteiger partial charge in [-0.25, -0.2) is 4.98 Å². The van der Waals surface area contributed by atoms with E-state index in [1.54, 1.807) is 6.21 Å². The first-order chi connectivity index (χ1) is 5.77. The fourth-order valence-electron chi connectivity index (χ4n) is 0.989. The van der Waals surface area contributed by atoms with E-state index in [1.807, 2.05) is 0 Å². The molecule has 6 nitrogen and oxygen atoms in total. The zero-order chi connectivity index (χ0) is 8.55. The molecule has 0 radical (unpaired) electrons. The predicted octanol–water partition coefficient (Wildman–Crippen LogP) is -0.268. The predicted molar refractivity (Wildman–Crippen MR) is 50.4 cm³/mol. The summed E-state index contributed by atoms with van der Waals surface area (Å²) in [6.45, 7) is 0.482. The van der Waals surface area contributed by atoms with Crippen molar-refractivity contribution in [2.45, 2.75) is 0 Å². The second kappa shape index (κ2) is 3.44. The molecule has 13 heavy (non-hydrogen) atoms. The molecule has 0 aliphatic carbocycles. The molecule has 1 aromatic rings. The number of nitrogens with two attached hydrogens (primary N) is 1. The molecule has 4 N–H and O–H groups in total. The third-order valence-electron chi connectivity index (χ3n) is 1.52. The summed E-state index contributed by atoms with van der Waals surface area (Å²) in [6.07, 6.45) is 1.62. The summed E-state index contributed by atoms with van der Waals surface area (Å²) < 4.78 is 0. The van der Waals surface area contributed by atoms with Crippen molar-refractivity contribution in [3.63, 3.8) is 0 Å². The van der Waals surface area contributed by atoms with Gasteiger partial charge in [0.2, 0.25) is 0 Å². The van der Waals surface area contributed by atoms with Gasteiger partial charge >= 0.3 is 0 Å². The van der Waals surface area contributed by atoms with Crippen molar-refractivity contribution in [1.29, 1.82) is 0 Å². The van der Waals surface area contributed by atoms with Crippen LogP contribution in [0.3, 0.4) is 0 Å². The maximum absolute atomic E-state index is 10.7. The van der Waals surface area contributed by atoms with Crippen LogP contribution >= 0.6 is 12.4 Å². The minimum atomic E-state index is -0.570. The average molecular weight is 202 g/mol. The second-order valence-electron chi connectivity index (χ2n) is 2.36. The van der Waals surface area contributed by atoms with Gasteiger partial charge < -0.3 is 16.0 Å². The highest BCUT2D eigenvalue weighted by Crippen LogP contribution is 2.12. The lowest BCUT2D eigenvalue weighted by atomic mass is 10.4. The van der Waals surface area contributed by atoms with Crippen LogP contribution < -0.4 is 11.1 Å². The third kappa shape index (κ3) is 1.62. The van der Waals surface area contributed by atoms with Crippen molar-refractivity contribution < 1.29 is 4.79 Å². The molecule has 0 unspecified atom stereocenters. The van der Waals surface area contributed by atoms with Crippen molar-refractivity contribution in [2.75, 3.05) is 12.0 Å². The summed E-state index contributed by atoms with van der Waals surface area (Å²) in [4.78, 5) is 21.3. The van der Waals surface area contributed by atoms with Crippen LogP contribution in [0.15, 0.2) is 4.99 Å². The van der Waals surface area contributed by atoms with Gasteiger partial charge in [0, 0.05) is 0 Å². The van der Waals surface area contributed by atoms with Crippen LogP contribution in [0.2, 0.25) is 0 Å². The molecule has 0 spiro atoms. The van der Waals surface area contributed by atoms with E-state index in [2.05, 4.69) is 20.3 Å². The standard InChI is InChI=1S/C6H7N5O.ClH/c7-4(12)6-10-3-1-8-2-9-5(3)11-6;/h1,9H,2H2,(H2,7,12)(H,10,11);1H. The van der Waals surface area contributed by atoms with Gasteiger partial charge in [-0.15, -0.1) is 12.4 Å². The smallest absolute Gasteiger partial charge is 0.284 e. The number of anilines is 1. The van der Waals surface area contributed by atoms with Gasteiger partial charge in [0.1, 0.15) is 12.4 Å². The highest BCUT2D eigenvalue weighted by atomic mass is 35.5. The summed E-state index contributed by atoms with van der Waals surface area (Å²) in [5, 5.41) is 2.89. The summed E-state index contributed by atoms with van der Waals surface area (Å²) in [6, 6.07) is 0. The van der Waals surface area contributed by atoms with E-state index in [0.717, 1.165) is 0 Å². The maximum Gasteiger partial charge on any atom is 0.284 e. The normalized spacial score (nSPS) is 12.6. The molecule has 2 rings (SSSR count). The Kier molecular flexibility index (Phi) is 2.52. The molecule has 0 saturated heterocycles. The number of fused-ring (bicyclic) bond motifs is 1. The minimum absolute atomic E-state index is 0. The molecule has 2 heterocycles. The van der Waals surface area contributed by atoms with Gasteiger partial charge in [0.05, 0.1) is 6.21 Å². The van der Waals surface area contributed by atoms with Gasteiger partial charge in [0.25, 0.3) is 5.91 Å². The fraction of sp³-hybridized carbons (Fsp3) is 0.167. The number of amides is 1. The average Bonchev–Trinajstić information content (AvgIpc) is 2.46.